The fourth-order valence-electron chi connectivity index (χ4n) is 3.38. The molecule has 1 aliphatic rings. The average molecular weight is 392 g/mol. The average Bonchev–Trinajstić information content (AvgIpc) is 3.14. The Morgan fingerprint density at radius 3 is 2.54 bits per heavy atom. The second kappa shape index (κ2) is 7.56. The molecule has 2 aromatic carbocycles. The fraction of sp³-hybridized carbons (Fsp3) is 0.182. The minimum absolute atomic E-state index is 0.334. The fourth-order valence-corrected chi connectivity index (χ4v) is 4.06. The summed E-state index contributed by atoms with van der Waals surface area (Å²) in [6.45, 7) is 5.62. The van der Waals surface area contributed by atoms with Crippen molar-refractivity contribution < 1.29 is 14.3 Å². The zero-order valence-electron chi connectivity index (χ0n) is 15.7. The number of nitrogens with one attached hydrogen (secondary N) is 1. The Hall–Kier alpha value is -2.99. The van der Waals surface area contributed by atoms with Gasteiger partial charge in [-0.15, -0.1) is 0 Å². The van der Waals surface area contributed by atoms with Gasteiger partial charge in [0, 0.05) is 16.6 Å². The number of carbonyl (C=O) groups is 2. The van der Waals surface area contributed by atoms with Gasteiger partial charge in [0.05, 0.1) is 11.4 Å². The number of imide groups is 1. The van der Waals surface area contributed by atoms with Crippen LogP contribution in [0.5, 0.6) is 5.75 Å². The number of aromatic nitrogens is 1. The molecule has 28 heavy (non-hydrogen) atoms. The van der Waals surface area contributed by atoms with E-state index in [9.17, 15) is 9.59 Å². The Balaban J connectivity index is 1.41. The number of ether oxygens (including phenoxy) is 1. The summed E-state index contributed by atoms with van der Waals surface area (Å²) in [6.07, 6.45) is 1.70. The standard InChI is InChI=1S/C22H20N2O3S/c1-14-15(2)24(19-6-4-3-5-18(14)19)11-12-27-17-9-7-16(8-10-17)13-20-21(25)23-22(26)28-20/h3-10,13H,11-12H2,1-2H3,(H,23,25,26)/b20-13-. The SMILES string of the molecule is Cc1c(C)n(CCOc2ccc(/C=C3\SC(=O)NC3=O)cc2)c2ccccc12. The van der Waals surface area contributed by atoms with Gasteiger partial charge in [0.25, 0.3) is 11.1 Å². The van der Waals surface area contributed by atoms with Crippen LogP contribution >= 0.6 is 11.8 Å². The maximum absolute atomic E-state index is 11.6. The van der Waals surface area contributed by atoms with Crippen LogP contribution in [0.2, 0.25) is 0 Å². The molecule has 0 aliphatic carbocycles. The van der Waals surface area contributed by atoms with Gasteiger partial charge in [-0.2, -0.15) is 0 Å². The minimum atomic E-state index is -0.347. The van der Waals surface area contributed by atoms with Crippen molar-refractivity contribution >= 4 is 39.9 Å². The number of thioether (sulfide) groups is 1. The van der Waals surface area contributed by atoms with Gasteiger partial charge >= 0.3 is 0 Å². The first-order chi connectivity index (χ1) is 13.5. The molecule has 0 saturated carbocycles. The van der Waals surface area contributed by atoms with E-state index in [-0.39, 0.29) is 11.1 Å². The molecule has 4 rings (SSSR count). The van der Waals surface area contributed by atoms with E-state index in [4.69, 9.17) is 4.74 Å². The lowest BCUT2D eigenvalue weighted by Crippen LogP contribution is -2.17. The summed E-state index contributed by atoms with van der Waals surface area (Å²) in [5, 5.41) is 3.20. The lowest BCUT2D eigenvalue weighted by molar-refractivity contribution is -0.115. The lowest BCUT2D eigenvalue weighted by atomic mass is 10.2. The van der Waals surface area contributed by atoms with Crippen LogP contribution in [-0.2, 0) is 11.3 Å². The molecule has 2 amide bonds. The smallest absolute Gasteiger partial charge is 0.290 e. The van der Waals surface area contributed by atoms with Crippen LogP contribution in [-0.4, -0.2) is 22.3 Å². The zero-order chi connectivity index (χ0) is 19.7. The summed E-state index contributed by atoms with van der Waals surface area (Å²) in [6, 6.07) is 15.9. The predicted molar refractivity (Wildman–Crippen MR) is 112 cm³/mol. The highest BCUT2D eigenvalue weighted by Gasteiger charge is 2.24. The van der Waals surface area contributed by atoms with Crippen LogP contribution in [0.3, 0.4) is 0 Å². The second-order valence-corrected chi connectivity index (χ2v) is 7.66. The number of amides is 2. The van der Waals surface area contributed by atoms with Gasteiger partial charge in [-0.3, -0.25) is 14.9 Å². The first-order valence-electron chi connectivity index (χ1n) is 9.05. The van der Waals surface area contributed by atoms with Crippen LogP contribution in [0.1, 0.15) is 16.8 Å². The van der Waals surface area contributed by atoms with Crippen molar-refractivity contribution in [3.8, 4) is 5.75 Å². The molecule has 2 heterocycles. The van der Waals surface area contributed by atoms with E-state index in [2.05, 4.69) is 48.0 Å². The van der Waals surface area contributed by atoms with E-state index in [0.29, 0.717) is 11.5 Å². The molecule has 0 unspecified atom stereocenters. The molecular formula is C22H20N2O3S. The number of hydrogen-bond acceptors (Lipinski definition) is 4. The Morgan fingerprint density at radius 2 is 1.82 bits per heavy atom. The summed E-state index contributed by atoms with van der Waals surface area (Å²) in [4.78, 5) is 23.2. The molecule has 0 atom stereocenters. The van der Waals surface area contributed by atoms with Crippen LogP contribution in [0.4, 0.5) is 4.79 Å². The molecule has 5 nitrogen and oxygen atoms in total. The Labute approximate surface area is 167 Å². The zero-order valence-corrected chi connectivity index (χ0v) is 16.5. The van der Waals surface area contributed by atoms with Gasteiger partial charge in [0.1, 0.15) is 12.4 Å². The lowest BCUT2D eigenvalue weighted by Gasteiger charge is -2.10. The van der Waals surface area contributed by atoms with Crippen molar-refractivity contribution in [2.24, 2.45) is 0 Å². The number of rotatable bonds is 5. The molecule has 142 valence electrons. The highest BCUT2D eigenvalue weighted by Crippen LogP contribution is 2.27. The van der Waals surface area contributed by atoms with E-state index in [1.54, 1.807) is 6.08 Å². The van der Waals surface area contributed by atoms with Crippen LogP contribution in [0, 0.1) is 13.8 Å². The van der Waals surface area contributed by atoms with Crippen LogP contribution < -0.4 is 10.1 Å². The van der Waals surface area contributed by atoms with Gasteiger partial charge < -0.3 is 9.30 Å². The maximum atomic E-state index is 11.6. The minimum Gasteiger partial charge on any atom is -0.492 e. The Morgan fingerprint density at radius 1 is 1.07 bits per heavy atom. The monoisotopic (exact) mass is 392 g/mol. The number of hydrogen-bond donors (Lipinski definition) is 1. The summed E-state index contributed by atoms with van der Waals surface area (Å²) < 4.78 is 8.19. The molecule has 1 aliphatic heterocycles. The third kappa shape index (κ3) is 3.55. The Bertz CT molecular complexity index is 1100. The van der Waals surface area contributed by atoms with E-state index < -0.39 is 0 Å². The number of aryl methyl sites for hydroxylation is 1. The third-order valence-electron chi connectivity index (χ3n) is 4.95. The Kier molecular flexibility index (Phi) is 4.96. The quantitative estimate of drug-likeness (QED) is 0.642. The molecule has 3 aromatic rings. The molecule has 6 heteroatoms. The van der Waals surface area contributed by atoms with E-state index in [1.807, 2.05) is 24.3 Å². The third-order valence-corrected chi connectivity index (χ3v) is 5.76. The van der Waals surface area contributed by atoms with Gasteiger partial charge in [0.2, 0.25) is 0 Å². The van der Waals surface area contributed by atoms with Crippen molar-refractivity contribution in [1.82, 2.24) is 9.88 Å². The van der Waals surface area contributed by atoms with Crippen molar-refractivity contribution in [3.05, 3.63) is 70.3 Å². The molecule has 1 saturated heterocycles. The number of carbonyl (C=O) groups excluding carboxylic acids is 2. The van der Waals surface area contributed by atoms with E-state index >= 15 is 0 Å². The summed E-state index contributed by atoms with van der Waals surface area (Å²) in [5.41, 5.74) is 4.64. The second-order valence-electron chi connectivity index (χ2n) is 6.65. The van der Waals surface area contributed by atoms with Gasteiger partial charge in [-0.1, -0.05) is 30.3 Å². The molecule has 1 fully saturated rings. The largest absolute Gasteiger partial charge is 0.492 e. The van der Waals surface area contributed by atoms with Crippen molar-refractivity contribution in [1.29, 1.82) is 0 Å². The summed E-state index contributed by atoms with van der Waals surface area (Å²) in [5.74, 6) is 0.424. The molecule has 0 spiro atoms. The number of benzene rings is 2. The van der Waals surface area contributed by atoms with Crippen molar-refractivity contribution in [3.63, 3.8) is 0 Å². The van der Waals surface area contributed by atoms with Gasteiger partial charge in [-0.05, 0) is 61.0 Å². The normalized spacial score (nSPS) is 15.4. The summed E-state index contributed by atoms with van der Waals surface area (Å²) in [7, 11) is 0. The van der Waals surface area contributed by atoms with E-state index in [0.717, 1.165) is 29.6 Å². The number of nitrogens with zero attached hydrogens (tertiary/aromatic N) is 1. The van der Waals surface area contributed by atoms with Gasteiger partial charge in [-0.25, -0.2) is 0 Å². The molecule has 1 N–H and O–H groups in total. The molecule has 1 aromatic heterocycles. The first-order valence-corrected chi connectivity index (χ1v) is 9.87. The van der Waals surface area contributed by atoms with Crippen molar-refractivity contribution in [2.75, 3.05) is 6.61 Å². The predicted octanol–water partition coefficient (Wildman–Crippen LogP) is 4.66. The van der Waals surface area contributed by atoms with E-state index in [1.165, 1.54) is 22.2 Å². The number of fused-ring (bicyclic) bond motifs is 1. The molecule has 0 radical (unpaired) electrons. The first kappa shape index (κ1) is 18.4. The van der Waals surface area contributed by atoms with Crippen LogP contribution in [0.25, 0.3) is 17.0 Å². The van der Waals surface area contributed by atoms with Gasteiger partial charge in [0.15, 0.2) is 0 Å². The van der Waals surface area contributed by atoms with Crippen molar-refractivity contribution in [2.45, 2.75) is 20.4 Å². The number of para-hydroxylation sites is 1. The highest BCUT2D eigenvalue weighted by molar-refractivity contribution is 8.18. The molecule has 0 bridgehead atoms. The highest BCUT2D eigenvalue weighted by atomic mass is 32.2. The molecular weight excluding hydrogens is 372 g/mol. The topological polar surface area (TPSA) is 60.3 Å². The summed E-state index contributed by atoms with van der Waals surface area (Å²) >= 11 is 0.916. The van der Waals surface area contributed by atoms with Crippen LogP contribution in [0.15, 0.2) is 53.4 Å². The maximum Gasteiger partial charge on any atom is 0.290 e.